The predicted octanol–water partition coefficient (Wildman–Crippen LogP) is 3.48. The van der Waals surface area contributed by atoms with Crippen molar-refractivity contribution < 1.29 is 9.90 Å². The number of hydrogen-bond donors (Lipinski definition) is 1. The van der Waals surface area contributed by atoms with E-state index in [1.165, 1.54) is 16.7 Å². The first-order valence-corrected chi connectivity index (χ1v) is 7.86. The van der Waals surface area contributed by atoms with Gasteiger partial charge in [-0.3, -0.25) is 4.79 Å². The van der Waals surface area contributed by atoms with Gasteiger partial charge in [0.2, 0.25) is 5.91 Å². The molecule has 1 heterocycles. The zero-order valence-electron chi connectivity index (χ0n) is 13.5. The highest BCUT2D eigenvalue weighted by atomic mass is 16.3. The topological polar surface area (TPSA) is 40.5 Å². The summed E-state index contributed by atoms with van der Waals surface area (Å²) in [6.07, 6.45) is 2.52. The Morgan fingerprint density at radius 2 is 1.91 bits per heavy atom. The van der Waals surface area contributed by atoms with Crippen LogP contribution in [0.4, 0.5) is 0 Å². The summed E-state index contributed by atoms with van der Waals surface area (Å²) in [7, 11) is 0. The second kappa shape index (κ2) is 6.29. The maximum absolute atomic E-state index is 12.5. The first kappa shape index (κ1) is 15.3. The van der Waals surface area contributed by atoms with Gasteiger partial charge in [0.05, 0.1) is 6.42 Å². The van der Waals surface area contributed by atoms with Gasteiger partial charge >= 0.3 is 0 Å². The zero-order chi connectivity index (χ0) is 16.4. The summed E-state index contributed by atoms with van der Waals surface area (Å²) in [6.45, 7) is 5.35. The number of phenolic OH excluding ortho intramolecular Hbond substituents is 1. The van der Waals surface area contributed by atoms with Crippen LogP contribution < -0.4 is 0 Å². The summed E-state index contributed by atoms with van der Waals surface area (Å²) in [5, 5.41) is 9.47. The predicted molar refractivity (Wildman–Crippen MR) is 92.3 cm³/mol. The third-order valence-electron chi connectivity index (χ3n) is 4.43. The molecule has 0 atom stereocenters. The Kier molecular flexibility index (Phi) is 4.20. The van der Waals surface area contributed by atoms with E-state index >= 15 is 0 Å². The summed E-state index contributed by atoms with van der Waals surface area (Å²) < 4.78 is 0. The average molecular weight is 307 g/mol. The van der Waals surface area contributed by atoms with Gasteiger partial charge in [-0.1, -0.05) is 36.4 Å². The molecule has 0 radical (unpaired) electrons. The highest BCUT2D eigenvalue weighted by Gasteiger charge is 2.21. The van der Waals surface area contributed by atoms with Gasteiger partial charge in [-0.05, 0) is 53.8 Å². The molecular formula is C20H21NO2. The van der Waals surface area contributed by atoms with Gasteiger partial charge < -0.3 is 10.0 Å². The molecule has 2 aromatic rings. The molecule has 0 bridgehead atoms. The largest absolute Gasteiger partial charge is 0.508 e. The first-order valence-electron chi connectivity index (χ1n) is 7.86. The second-order valence-electron chi connectivity index (χ2n) is 6.11. The van der Waals surface area contributed by atoms with Crippen molar-refractivity contribution in [2.45, 2.75) is 20.3 Å². The van der Waals surface area contributed by atoms with Crippen LogP contribution in [0.1, 0.15) is 22.3 Å². The molecule has 118 valence electrons. The van der Waals surface area contributed by atoms with Gasteiger partial charge in [-0.25, -0.2) is 0 Å². The quantitative estimate of drug-likeness (QED) is 0.943. The number of aryl methyl sites for hydroxylation is 2. The Labute approximate surface area is 136 Å². The summed E-state index contributed by atoms with van der Waals surface area (Å²) in [4.78, 5) is 14.4. The van der Waals surface area contributed by atoms with E-state index in [-0.39, 0.29) is 11.7 Å². The van der Waals surface area contributed by atoms with Crippen molar-refractivity contribution in [2.75, 3.05) is 13.1 Å². The van der Waals surface area contributed by atoms with Crippen molar-refractivity contribution in [1.82, 2.24) is 4.90 Å². The zero-order valence-corrected chi connectivity index (χ0v) is 13.5. The number of hydrogen-bond acceptors (Lipinski definition) is 2. The highest BCUT2D eigenvalue weighted by Crippen LogP contribution is 2.25. The van der Waals surface area contributed by atoms with Crippen LogP contribution in [0.3, 0.4) is 0 Å². The Morgan fingerprint density at radius 3 is 2.65 bits per heavy atom. The van der Waals surface area contributed by atoms with Crippen LogP contribution in [0.5, 0.6) is 5.75 Å². The molecule has 3 rings (SSSR count). The molecule has 2 aromatic carbocycles. The lowest BCUT2D eigenvalue weighted by Gasteiger charge is -2.18. The SMILES string of the molecule is Cc1cc(O)ccc1CC(=O)N1CC=C(c2ccccc2C)C1. The third kappa shape index (κ3) is 3.29. The molecule has 0 unspecified atom stereocenters. The minimum absolute atomic E-state index is 0.124. The molecule has 1 amide bonds. The van der Waals surface area contributed by atoms with E-state index in [1.807, 2.05) is 30.0 Å². The molecule has 0 aromatic heterocycles. The van der Waals surface area contributed by atoms with Crippen molar-refractivity contribution in [3.63, 3.8) is 0 Å². The van der Waals surface area contributed by atoms with Gasteiger partial charge in [-0.15, -0.1) is 0 Å². The lowest BCUT2D eigenvalue weighted by molar-refractivity contribution is -0.129. The van der Waals surface area contributed by atoms with Crippen LogP contribution in [0.25, 0.3) is 5.57 Å². The lowest BCUT2D eigenvalue weighted by atomic mass is 10.0. The summed E-state index contributed by atoms with van der Waals surface area (Å²) in [5.74, 6) is 0.363. The van der Waals surface area contributed by atoms with Gasteiger partial charge in [0.15, 0.2) is 0 Å². The molecule has 3 heteroatoms. The number of nitrogens with zero attached hydrogens (tertiary/aromatic N) is 1. The first-order chi connectivity index (χ1) is 11.0. The number of aromatic hydroxyl groups is 1. The molecule has 0 saturated carbocycles. The second-order valence-corrected chi connectivity index (χ2v) is 6.11. The maximum Gasteiger partial charge on any atom is 0.227 e. The van der Waals surface area contributed by atoms with E-state index in [9.17, 15) is 9.90 Å². The fourth-order valence-electron chi connectivity index (χ4n) is 3.03. The number of rotatable bonds is 3. The molecule has 0 spiro atoms. The molecule has 3 nitrogen and oxygen atoms in total. The van der Waals surface area contributed by atoms with Gasteiger partial charge in [-0.2, -0.15) is 0 Å². The third-order valence-corrected chi connectivity index (χ3v) is 4.43. The van der Waals surface area contributed by atoms with Crippen molar-refractivity contribution in [3.05, 3.63) is 70.8 Å². The van der Waals surface area contributed by atoms with Crippen LogP contribution >= 0.6 is 0 Å². The normalized spacial score (nSPS) is 14.0. The van der Waals surface area contributed by atoms with E-state index in [0.717, 1.165) is 11.1 Å². The molecule has 1 aliphatic rings. The van der Waals surface area contributed by atoms with Gasteiger partial charge in [0.1, 0.15) is 5.75 Å². The van der Waals surface area contributed by atoms with E-state index < -0.39 is 0 Å². The van der Waals surface area contributed by atoms with Crippen molar-refractivity contribution in [2.24, 2.45) is 0 Å². The van der Waals surface area contributed by atoms with E-state index in [1.54, 1.807) is 12.1 Å². The minimum atomic E-state index is 0.124. The maximum atomic E-state index is 12.5. The number of carbonyl (C=O) groups is 1. The fraction of sp³-hybridized carbons (Fsp3) is 0.250. The number of benzene rings is 2. The molecule has 23 heavy (non-hydrogen) atoms. The molecular weight excluding hydrogens is 286 g/mol. The standard InChI is InChI=1S/C20H21NO2/c1-14-5-3-4-6-19(14)17-9-10-21(13-17)20(23)12-16-7-8-18(22)11-15(16)2/h3-9,11,22H,10,12-13H2,1-2H3. The fourth-order valence-corrected chi connectivity index (χ4v) is 3.03. The van der Waals surface area contributed by atoms with Crippen molar-refractivity contribution >= 4 is 11.5 Å². The Hall–Kier alpha value is -2.55. The molecule has 0 aliphatic carbocycles. The number of amides is 1. The van der Waals surface area contributed by atoms with Gasteiger partial charge in [0.25, 0.3) is 0 Å². The highest BCUT2D eigenvalue weighted by molar-refractivity contribution is 5.84. The van der Waals surface area contributed by atoms with E-state index in [0.29, 0.717) is 19.5 Å². The van der Waals surface area contributed by atoms with E-state index in [4.69, 9.17) is 0 Å². The van der Waals surface area contributed by atoms with E-state index in [2.05, 4.69) is 25.1 Å². The lowest BCUT2D eigenvalue weighted by Crippen LogP contribution is -2.30. The Morgan fingerprint density at radius 1 is 1.13 bits per heavy atom. The van der Waals surface area contributed by atoms with Crippen LogP contribution in [-0.2, 0) is 11.2 Å². The Balaban J connectivity index is 1.68. The minimum Gasteiger partial charge on any atom is -0.508 e. The molecule has 0 saturated heterocycles. The van der Waals surface area contributed by atoms with Crippen LogP contribution in [0.15, 0.2) is 48.5 Å². The molecule has 0 fully saturated rings. The van der Waals surface area contributed by atoms with Crippen LogP contribution in [-0.4, -0.2) is 29.0 Å². The van der Waals surface area contributed by atoms with Crippen molar-refractivity contribution in [1.29, 1.82) is 0 Å². The summed E-state index contributed by atoms with van der Waals surface area (Å²) >= 11 is 0. The summed E-state index contributed by atoms with van der Waals surface area (Å²) in [6, 6.07) is 13.4. The number of carbonyl (C=O) groups excluding carboxylic acids is 1. The van der Waals surface area contributed by atoms with Crippen LogP contribution in [0.2, 0.25) is 0 Å². The summed E-state index contributed by atoms with van der Waals surface area (Å²) in [5.41, 5.74) is 5.60. The monoisotopic (exact) mass is 307 g/mol. The Bertz CT molecular complexity index is 777. The molecule has 1 aliphatic heterocycles. The number of phenols is 1. The molecule has 1 N–H and O–H groups in total. The van der Waals surface area contributed by atoms with Crippen LogP contribution in [0, 0.1) is 13.8 Å². The smallest absolute Gasteiger partial charge is 0.227 e. The van der Waals surface area contributed by atoms with Crippen molar-refractivity contribution in [3.8, 4) is 5.75 Å². The van der Waals surface area contributed by atoms with Gasteiger partial charge in [0, 0.05) is 13.1 Å². The average Bonchev–Trinajstić information content (AvgIpc) is 3.00.